The monoisotopic (exact) mass is 230 g/mol. The smallest absolute Gasteiger partial charge is 0.134 e. The Kier molecular flexibility index (Phi) is 3.42. The zero-order valence-corrected chi connectivity index (χ0v) is 10.3. The molecule has 0 saturated heterocycles. The Morgan fingerprint density at radius 1 is 1.35 bits per heavy atom. The molecule has 90 valence electrons. The fourth-order valence-electron chi connectivity index (χ4n) is 1.64. The largest absolute Gasteiger partial charge is 0.396 e. The summed E-state index contributed by atoms with van der Waals surface area (Å²) in [7, 11) is 0. The first kappa shape index (κ1) is 11.6. The fourth-order valence-corrected chi connectivity index (χ4v) is 1.64. The van der Waals surface area contributed by atoms with Crippen LogP contribution in [0.3, 0.4) is 0 Å². The van der Waals surface area contributed by atoms with Gasteiger partial charge < -0.3 is 5.73 Å². The zero-order chi connectivity index (χ0) is 12.3. The van der Waals surface area contributed by atoms with E-state index in [0.717, 1.165) is 24.4 Å². The van der Waals surface area contributed by atoms with Crippen molar-refractivity contribution in [3.05, 3.63) is 30.6 Å². The van der Waals surface area contributed by atoms with Crippen molar-refractivity contribution in [3.8, 4) is 11.4 Å². The number of nitrogens with zero attached hydrogens (tertiary/aromatic N) is 3. The van der Waals surface area contributed by atoms with Crippen LogP contribution in [0.5, 0.6) is 0 Å². The summed E-state index contributed by atoms with van der Waals surface area (Å²) in [5.41, 5.74) is 8.24. The van der Waals surface area contributed by atoms with Gasteiger partial charge in [-0.3, -0.25) is 9.67 Å². The van der Waals surface area contributed by atoms with Crippen molar-refractivity contribution in [2.24, 2.45) is 5.92 Å². The number of hydrogen-bond acceptors (Lipinski definition) is 3. The van der Waals surface area contributed by atoms with Gasteiger partial charge in [0.05, 0.1) is 11.4 Å². The lowest BCUT2D eigenvalue weighted by molar-refractivity contribution is 0.488. The Balaban J connectivity index is 2.20. The van der Waals surface area contributed by atoms with Gasteiger partial charge in [0.15, 0.2) is 0 Å². The maximum absolute atomic E-state index is 5.96. The molecule has 0 aliphatic heterocycles. The molecule has 0 amide bonds. The molecular formula is C13H18N4. The van der Waals surface area contributed by atoms with Crippen molar-refractivity contribution in [1.82, 2.24) is 14.8 Å². The summed E-state index contributed by atoms with van der Waals surface area (Å²) < 4.78 is 1.90. The number of pyridine rings is 1. The van der Waals surface area contributed by atoms with Gasteiger partial charge in [-0.25, -0.2) is 0 Å². The van der Waals surface area contributed by atoms with Gasteiger partial charge in [-0.1, -0.05) is 19.9 Å². The minimum absolute atomic E-state index is 0.665. The van der Waals surface area contributed by atoms with Gasteiger partial charge in [0.1, 0.15) is 5.69 Å². The molecule has 2 rings (SSSR count). The van der Waals surface area contributed by atoms with E-state index in [1.807, 2.05) is 29.1 Å². The molecule has 0 saturated carbocycles. The van der Waals surface area contributed by atoms with Crippen LogP contribution in [0, 0.1) is 5.92 Å². The quantitative estimate of drug-likeness (QED) is 0.878. The second kappa shape index (κ2) is 4.99. The second-order valence-electron chi connectivity index (χ2n) is 4.59. The molecule has 0 unspecified atom stereocenters. The lowest BCUT2D eigenvalue weighted by Gasteiger charge is -2.03. The molecule has 0 fully saturated rings. The highest BCUT2D eigenvalue weighted by Crippen LogP contribution is 2.21. The molecule has 0 aliphatic rings. The third-order valence-corrected chi connectivity index (χ3v) is 2.63. The molecule has 4 nitrogen and oxygen atoms in total. The van der Waals surface area contributed by atoms with Gasteiger partial charge in [0.25, 0.3) is 0 Å². The van der Waals surface area contributed by atoms with Crippen LogP contribution >= 0.6 is 0 Å². The lowest BCUT2D eigenvalue weighted by atomic mass is 10.1. The molecule has 2 aromatic rings. The number of aryl methyl sites for hydroxylation is 1. The number of nitrogen functional groups attached to an aromatic ring is 1. The van der Waals surface area contributed by atoms with E-state index in [2.05, 4.69) is 23.9 Å². The molecule has 2 aromatic heterocycles. The molecule has 2 N–H and O–H groups in total. The first-order chi connectivity index (χ1) is 8.16. The predicted molar refractivity (Wildman–Crippen MR) is 69.3 cm³/mol. The van der Waals surface area contributed by atoms with Crippen molar-refractivity contribution in [2.45, 2.75) is 26.8 Å². The van der Waals surface area contributed by atoms with Crippen LogP contribution in [0.2, 0.25) is 0 Å². The number of nitrogens with two attached hydrogens (primary N) is 1. The van der Waals surface area contributed by atoms with Crippen molar-refractivity contribution in [3.63, 3.8) is 0 Å². The van der Waals surface area contributed by atoms with Crippen LogP contribution < -0.4 is 5.73 Å². The minimum atomic E-state index is 0.665. The number of rotatable bonds is 4. The zero-order valence-electron chi connectivity index (χ0n) is 10.3. The highest BCUT2D eigenvalue weighted by molar-refractivity contribution is 5.68. The Bertz CT molecular complexity index is 473. The number of hydrogen-bond donors (Lipinski definition) is 1. The minimum Gasteiger partial charge on any atom is -0.396 e. The van der Waals surface area contributed by atoms with Gasteiger partial charge in [-0.05, 0) is 24.5 Å². The third kappa shape index (κ3) is 2.84. The van der Waals surface area contributed by atoms with Crippen molar-refractivity contribution in [2.75, 3.05) is 5.73 Å². The highest BCUT2D eigenvalue weighted by Gasteiger charge is 2.09. The standard InChI is InChI=1S/C13H18N4/c1-10(2)6-8-17-9-11(14)13(16-17)12-5-3-4-7-15-12/h3-5,7,9-10H,6,8,14H2,1-2H3. The van der Waals surface area contributed by atoms with Crippen LogP contribution in [0.15, 0.2) is 30.6 Å². The summed E-state index contributed by atoms with van der Waals surface area (Å²) in [5, 5.41) is 4.48. The molecule has 4 heteroatoms. The summed E-state index contributed by atoms with van der Waals surface area (Å²) in [6, 6.07) is 5.75. The first-order valence-corrected chi connectivity index (χ1v) is 5.91. The van der Waals surface area contributed by atoms with E-state index in [1.165, 1.54) is 0 Å². The summed E-state index contributed by atoms with van der Waals surface area (Å²) in [5.74, 6) is 0.665. The lowest BCUT2D eigenvalue weighted by Crippen LogP contribution is -2.02. The molecule has 0 radical (unpaired) electrons. The molecule has 0 atom stereocenters. The van der Waals surface area contributed by atoms with Crippen LogP contribution in [0.1, 0.15) is 20.3 Å². The molecule has 0 aliphatic carbocycles. The molecule has 0 aromatic carbocycles. The number of anilines is 1. The first-order valence-electron chi connectivity index (χ1n) is 5.91. The number of aromatic nitrogens is 3. The van der Waals surface area contributed by atoms with Crippen molar-refractivity contribution < 1.29 is 0 Å². The van der Waals surface area contributed by atoms with Crippen LogP contribution in [0.4, 0.5) is 5.69 Å². The van der Waals surface area contributed by atoms with Gasteiger partial charge in [0, 0.05) is 18.9 Å². The normalized spacial score (nSPS) is 11.0. The Labute approximate surface area is 101 Å². The van der Waals surface area contributed by atoms with E-state index in [9.17, 15) is 0 Å². The van der Waals surface area contributed by atoms with Crippen molar-refractivity contribution in [1.29, 1.82) is 0 Å². The van der Waals surface area contributed by atoms with E-state index in [4.69, 9.17) is 5.73 Å². The molecular weight excluding hydrogens is 212 g/mol. The van der Waals surface area contributed by atoms with Gasteiger partial charge in [-0.15, -0.1) is 0 Å². The van der Waals surface area contributed by atoms with E-state index in [-0.39, 0.29) is 0 Å². The van der Waals surface area contributed by atoms with Gasteiger partial charge >= 0.3 is 0 Å². The van der Waals surface area contributed by atoms with Crippen LogP contribution in [0.25, 0.3) is 11.4 Å². The van der Waals surface area contributed by atoms with Crippen LogP contribution in [-0.4, -0.2) is 14.8 Å². The topological polar surface area (TPSA) is 56.7 Å². The summed E-state index contributed by atoms with van der Waals surface area (Å²) >= 11 is 0. The van der Waals surface area contributed by atoms with E-state index >= 15 is 0 Å². The molecule has 2 heterocycles. The fraction of sp³-hybridized carbons (Fsp3) is 0.385. The van der Waals surface area contributed by atoms with Crippen LogP contribution in [-0.2, 0) is 6.54 Å². The summed E-state index contributed by atoms with van der Waals surface area (Å²) in [6.07, 6.45) is 4.73. The molecule has 17 heavy (non-hydrogen) atoms. The van der Waals surface area contributed by atoms with E-state index in [0.29, 0.717) is 11.6 Å². The highest BCUT2D eigenvalue weighted by atomic mass is 15.3. The Morgan fingerprint density at radius 3 is 2.82 bits per heavy atom. The second-order valence-corrected chi connectivity index (χ2v) is 4.59. The summed E-state index contributed by atoms with van der Waals surface area (Å²) in [6.45, 7) is 5.30. The SMILES string of the molecule is CC(C)CCn1cc(N)c(-c2ccccn2)n1. The van der Waals surface area contributed by atoms with Gasteiger partial charge in [-0.2, -0.15) is 5.10 Å². The molecule has 0 spiro atoms. The van der Waals surface area contributed by atoms with Gasteiger partial charge in [0.2, 0.25) is 0 Å². The average molecular weight is 230 g/mol. The predicted octanol–water partition coefficient (Wildman–Crippen LogP) is 2.57. The maximum Gasteiger partial charge on any atom is 0.134 e. The van der Waals surface area contributed by atoms with E-state index < -0.39 is 0 Å². The summed E-state index contributed by atoms with van der Waals surface area (Å²) in [4.78, 5) is 4.26. The Hall–Kier alpha value is -1.84. The average Bonchev–Trinajstić information content (AvgIpc) is 2.69. The maximum atomic E-state index is 5.96. The Morgan fingerprint density at radius 2 is 2.18 bits per heavy atom. The van der Waals surface area contributed by atoms with E-state index in [1.54, 1.807) is 6.20 Å². The van der Waals surface area contributed by atoms with Crippen molar-refractivity contribution >= 4 is 5.69 Å². The third-order valence-electron chi connectivity index (χ3n) is 2.63. The molecule has 0 bridgehead atoms.